The SMILES string of the molecule is CC(=O)NCC1CN(c2ccc(-c3cccnc3)s2)[C@@H](O)O1. The van der Waals surface area contributed by atoms with Crippen LogP contribution in [0, 0.1) is 0 Å². The summed E-state index contributed by atoms with van der Waals surface area (Å²) < 4.78 is 5.45. The number of nitrogens with zero attached hydrogens (tertiary/aromatic N) is 2. The molecule has 1 fully saturated rings. The molecule has 116 valence electrons. The summed E-state index contributed by atoms with van der Waals surface area (Å²) in [6.07, 6.45) is 2.34. The summed E-state index contributed by atoms with van der Waals surface area (Å²) >= 11 is 1.57. The molecule has 22 heavy (non-hydrogen) atoms. The van der Waals surface area contributed by atoms with Gasteiger partial charge in [-0.3, -0.25) is 9.78 Å². The molecular formula is C15H17N3O3S. The lowest BCUT2D eigenvalue weighted by Crippen LogP contribution is -2.33. The van der Waals surface area contributed by atoms with E-state index in [0.717, 1.165) is 15.4 Å². The van der Waals surface area contributed by atoms with Gasteiger partial charge in [-0.1, -0.05) is 6.07 Å². The number of carbonyl (C=O) groups is 1. The van der Waals surface area contributed by atoms with Gasteiger partial charge in [0.25, 0.3) is 0 Å². The normalized spacial score (nSPS) is 21.1. The topological polar surface area (TPSA) is 74.7 Å². The predicted octanol–water partition coefficient (Wildman–Crippen LogP) is 1.43. The van der Waals surface area contributed by atoms with Crippen molar-refractivity contribution in [2.24, 2.45) is 0 Å². The molecule has 3 heterocycles. The third kappa shape index (κ3) is 3.27. The van der Waals surface area contributed by atoms with Crippen LogP contribution in [0.25, 0.3) is 10.4 Å². The van der Waals surface area contributed by atoms with Crippen LogP contribution in [0.4, 0.5) is 5.00 Å². The van der Waals surface area contributed by atoms with Gasteiger partial charge in [0, 0.05) is 36.3 Å². The van der Waals surface area contributed by atoms with Gasteiger partial charge in [-0.25, -0.2) is 0 Å². The lowest BCUT2D eigenvalue weighted by Gasteiger charge is -2.17. The molecule has 1 unspecified atom stereocenters. The maximum absolute atomic E-state index is 10.9. The summed E-state index contributed by atoms with van der Waals surface area (Å²) in [5.74, 6) is -0.105. The molecule has 1 saturated heterocycles. The minimum atomic E-state index is -0.987. The van der Waals surface area contributed by atoms with Crippen molar-refractivity contribution in [3.8, 4) is 10.4 Å². The summed E-state index contributed by atoms with van der Waals surface area (Å²) in [6.45, 7) is 2.39. The maximum atomic E-state index is 10.9. The highest BCUT2D eigenvalue weighted by Gasteiger charge is 2.32. The molecule has 0 aromatic carbocycles. The molecule has 0 spiro atoms. The number of aromatic nitrogens is 1. The van der Waals surface area contributed by atoms with Crippen LogP contribution in [0.15, 0.2) is 36.7 Å². The second kappa shape index (κ2) is 6.43. The predicted molar refractivity (Wildman–Crippen MR) is 84.5 cm³/mol. The third-order valence-corrected chi connectivity index (χ3v) is 4.55. The second-order valence-electron chi connectivity index (χ2n) is 5.05. The maximum Gasteiger partial charge on any atom is 0.239 e. The van der Waals surface area contributed by atoms with Crippen molar-refractivity contribution in [3.63, 3.8) is 0 Å². The van der Waals surface area contributed by atoms with Gasteiger partial charge in [0.1, 0.15) is 0 Å². The van der Waals surface area contributed by atoms with Crippen molar-refractivity contribution in [1.82, 2.24) is 10.3 Å². The minimum absolute atomic E-state index is 0.105. The molecule has 3 rings (SSSR count). The number of hydrogen-bond acceptors (Lipinski definition) is 6. The Morgan fingerprint density at radius 1 is 1.55 bits per heavy atom. The first-order valence-electron chi connectivity index (χ1n) is 6.98. The molecule has 0 saturated carbocycles. The monoisotopic (exact) mass is 319 g/mol. The molecule has 2 aromatic heterocycles. The number of amides is 1. The first-order chi connectivity index (χ1) is 10.6. The fourth-order valence-corrected chi connectivity index (χ4v) is 3.33. The third-order valence-electron chi connectivity index (χ3n) is 3.38. The zero-order valence-corrected chi connectivity index (χ0v) is 12.9. The number of carbonyl (C=O) groups excluding carboxylic acids is 1. The molecule has 0 radical (unpaired) electrons. The van der Waals surface area contributed by atoms with Gasteiger partial charge in [0.15, 0.2) is 0 Å². The summed E-state index contributed by atoms with van der Waals surface area (Å²) in [4.78, 5) is 17.9. The summed E-state index contributed by atoms with van der Waals surface area (Å²) in [5, 5.41) is 13.7. The van der Waals surface area contributed by atoms with Crippen molar-refractivity contribution in [3.05, 3.63) is 36.7 Å². The average Bonchev–Trinajstić information content (AvgIpc) is 3.12. The Bertz CT molecular complexity index is 646. The summed E-state index contributed by atoms with van der Waals surface area (Å²) in [5.41, 5.74) is 1.04. The lowest BCUT2D eigenvalue weighted by atomic mass is 10.2. The second-order valence-corrected chi connectivity index (χ2v) is 6.12. The molecule has 1 amide bonds. The lowest BCUT2D eigenvalue weighted by molar-refractivity contribution is -0.121. The van der Waals surface area contributed by atoms with Crippen molar-refractivity contribution in [2.75, 3.05) is 18.0 Å². The minimum Gasteiger partial charge on any atom is -0.354 e. The molecule has 2 aromatic rings. The van der Waals surface area contributed by atoms with Gasteiger partial charge >= 0.3 is 0 Å². The first kappa shape index (κ1) is 15.0. The summed E-state index contributed by atoms with van der Waals surface area (Å²) in [7, 11) is 0. The number of aliphatic hydroxyl groups excluding tert-OH is 1. The average molecular weight is 319 g/mol. The van der Waals surface area contributed by atoms with Crippen molar-refractivity contribution in [1.29, 1.82) is 0 Å². The van der Waals surface area contributed by atoms with Gasteiger partial charge in [-0.15, -0.1) is 11.3 Å². The number of rotatable bonds is 4. The van der Waals surface area contributed by atoms with E-state index in [1.807, 2.05) is 30.5 Å². The first-order valence-corrected chi connectivity index (χ1v) is 7.80. The number of ether oxygens (including phenoxy) is 1. The smallest absolute Gasteiger partial charge is 0.239 e. The Balaban J connectivity index is 1.70. The summed E-state index contributed by atoms with van der Waals surface area (Å²) in [6, 6.07) is 7.86. The van der Waals surface area contributed by atoms with Gasteiger partial charge < -0.3 is 20.1 Å². The number of anilines is 1. The number of hydrogen-bond donors (Lipinski definition) is 2. The van der Waals surface area contributed by atoms with E-state index in [-0.39, 0.29) is 12.0 Å². The van der Waals surface area contributed by atoms with Crippen LogP contribution in [0.3, 0.4) is 0 Å². The van der Waals surface area contributed by atoms with E-state index in [9.17, 15) is 9.90 Å². The Morgan fingerprint density at radius 3 is 3.14 bits per heavy atom. The molecule has 6 nitrogen and oxygen atoms in total. The number of nitrogens with one attached hydrogen (secondary N) is 1. The van der Waals surface area contributed by atoms with E-state index < -0.39 is 6.41 Å². The number of thiophene rings is 1. The molecule has 0 bridgehead atoms. The number of pyridine rings is 1. The zero-order valence-electron chi connectivity index (χ0n) is 12.1. The largest absolute Gasteiger partial charge is 0.354 e. The van der Waals surface area contributed by atoms with Gasteiger partial charge in [-0.05, 0) is 18.2 Å². The van der Waals surface area contributed by atoms with Crippen molar-refractivity contribution in [2.45, 2.75) is 19.4 Å². The Morgan fingerprint density at radius 2 is 2.41 bits per heavy atom. The highest BCUT2D eigenvalue weighted by Crippen LogP contribution is 2.35. The fourth-order valence-electron chi connectivity index (χ4n) is 2.31. The quantitative estimate of drug-likeness (QED) is 0.892. The van der Waals surface area contributed by atoms with Crippen LogP contribution in [0.1, 0.15) is 6.92 Å². The molecule has 7 heteroatoms. The van der Waals surface area contributed by atoms with Gasteiger partial charge in [-0.2, -0.15) is 0 Å². The van der Waals surface area contributed by atoms with E-state index in [4.69, 9.17) is 4.74 Å². The zero-order chi connectivity index (χ0) is 15.5. The Labute approximate surface area is 132 Å². The molecule has 2 atom stereocenters. The van der Waals surface area contributed by atoms with Gasteiger partial charge in [0.2, 0.25) is 12.3 Å². The Kier molecular flexibility index (Phi) is 4.37. The van der Waals surface area contributed by atoms with E-state index in [0.29, 0.717) is 13.1 Å². The molecule has 2 N–H and O–H groups in total. The number of aliphatic hydroxyl groups is 1. The van der Waals surface area contributed by atoms with E-state index in [2.05, 4.69) is 10.3 Å². The van der Waals surface area contributed by atoms with Crippen LogP contribution in [0.5, 0.6) is 0 Å². The Hall–Kier alpha value is -1.96. The van der Waals surface area contributed by atoms with E-state index in [1.54, 1.807) is 22.4 Å². The van der Waals surface area contributed by atoms with Crippen LogP contribution in [-0.2, 0) is 9.53 Å². The highest BCUT2D eigenvalue weighted by molar-refractivity contribution is 7.19. The molecule has 1 aliphatic heterocycles. The van der Waals surface area contributed by atoms with Crippen molar-refractivity contribution >= 4 is 22.2 Å². The van der Waals surface area contributed by atoms with Crippen LogP contribution in [0.2, 0.25) is 0 Å². The molecule has 1 aliphatic rings. The van der Waals surface area contributed by atoms with Crippen molar-refractivity contribution < 1.29 is 14.6 Å². The van der Waals surface area contributed by atoms with Crippen LogP contribution < -0.4 is 10.2 Å². The van der Waals surface area contributed by atoms with E-state index >= 15 is 0 Å². The highest BCUT2D eigenvalue weighted by atomic mass is 32.1. The standard InChI is InChI=1S/C15H17N3O3S/c1-10(19)17-8-12-9-18(15(20)21-12)14-5-4-13(22-14)11-3-2-6-16-7-11/h2-7,12,15,20H,8-9H2,1H3,(H,17,19)/t12?,15-/m0/s1. The van der Waals surface area contributed by atoms with Crippen LogP contribution in [-0.4, -0.2) is 41.6 Å². The molecular weight excluding hydrogens is 302 g/mol. The van der Waals surface area contributed by atoms with E-state index in [1.165, 1.54) is 6.92 Å². The van der Waals surface area contributed by atoms with Gasteiger partial charge in [0.05, 0.1) is 17.6 Å². The fraction of sp³-hybridized carbons (Fsp3) is 0.333. The van der Waals surface area contributed by atoms with Crippen LogP contribution >= 0.6 is 11.3 Å². The molecule has 0 aliphatic carbocycles.